The molecule has 4 rings (SSSR count). The van der Waals surface area contributed by atoms with Crippen LogP contribution < -0.4 is 15.8 Å². The van der Waals surface area contributed by atoms with Crippen molar-refractivity contribution in [3.63, 3.8) is 0 Å². The highest BCUT2D eigenvalue weighted by Crippen LogP contribution is 2.38. The fourth-order valence-corrected chi connectivity index (χ4v) is 4.51. The lowest BCUT2D eigenvalue weighted by Crippen LogP contribution is -2.23. The molecule has 3 aromatic rings. The maximum Gasteiger partial charge on any atom is 0.252 e. The normalized spacial score (nSPS) is 16.9. The number of aromatic nitrogens is 2. The minimum Gasteiger partial charge on any atom is -0.354 e. The minimum atomic E-state index is -0.285. The Bertz CT molecular complexity index is 1070. The number of hydrogen-bond acceptors (Lipinski definition) is 5. The fraction of sp³-hybridized carbons (Fsp3) is 0.316. The van der Waals surface area contributed by atoms with E-state index in [2.05, 4.69) is 15.3 Å². The lowest BCUT2D eigenvalue weighted by molar-refractivity contribution is -0.121. The molecule has 7 heteroatoms. The summed E-state index contributed by atoms with van der Waals surface area (Å²) in [5, 5.41) is 4.75. The number of pyridine rings is 1. The van der Waals surface area contributed by atoms with Gasteiger partial charge in [0, 0.05) is 36.9 Å². The molecular weight excluding hydrogens is 348 g/mol. The number of rotatable bonds is 2. The first-order valence-corrected chi connectivity index (χ1v) is 9.32. The molecule has 0 spiro atoms. The molecule has 0 saturated heterocycles. The van der Waals surface area contributed by atoms with Crippen LogP contribution in [-0.4, -0.2) is 30.0 Å². The molecule has 0 aliphatic carbocycles. The number of nitrogens with zero attached hydrogens (tertiary/aromatic N) is 2. The summed E-state index contributed by atoms with van der Waals surface area (Å²) in [5.41, 5.74) is 3.20. The van der Waals surface area contributed by atoms with Crippen molar-refractivity contribution in [1.29, 1.82) is 0 Å². The molecule has 2 aromatic heterocycles. The lowest BCUT2D eigenvalue weighted by Gasteiger charge is -2.14. The lowest BCUT2D eigenvalue weighted by atomic mass is 9.93. The summed E-state index contributed by atoms with van der Waals surface area (Å²) in [6.07, 6.45) is 0.252. The van der Waals surface area contributed by atoms with Crippen LogP contribution in [0.1, 0.15) is 34.0 Å². The van der Waals surface area contributed by atoms with Gasteiger partial charge in [-0.15, -0.1) is 11.3 Å². The molecular formula is C19H20N4O2S. The fourth-order valence-electron chi connectivity index (χ4n) is 3.38. The van der Waals surface area contributed by atoms with Crippen molar-refractivity contribution in [2.75, 3.05) is 19.0 Å². The van der Waals surface area contributed by atoms with Gasteiger partial charge in [0.05, 0.1) is 17.8 Å². The molecule has 3 heterocycles. The van der Waals surface area contributed by atoms with Crippen LogP contribution in [0.5, 0.6) is 0 Å². The van der Waals surface area contributed by atoms with Crippen LogP contribution in [0.2, 0.25) is 0 Å². The maximum atomic E-state index is 12.8. The van der Waals surface area contributed by atoms with E-state index in [1.54, 1.807) is 11.3 Å². The number of hydrogen-bond donors (Lipinski definition) is 2. The number of thiazole rings is 1. The number of carbonyl (C=O) groups is 1. The second-order valence-corrected chi connectivity index (χ2v) is 7.84. The van der Waals surface area contributed by atoms with Gasteiger partial charge in [-0.1, -0.05) is 18.2 Å². The van der Waals surface area contributed by atoms with Gasteiger partial charge in [-0.3, -0.25) is 9.59 Å². The Hall–Kier alpha value is -2.67. The largest absolute Gasteiger partial charge is 0.354 e. The van der Waals surface area contributed by atoms with E-state index in [0.717, 1.165) is 32.2 Å². The summed E-state index contributed by atoms with van der Waals surface area (Å²) in [5.74, 6) is -0.345. The molecule has 2 N–H and O–H groups in total. The van der Waals surface area contributed by atoms with Gasteiger partial charge in [-0.25, -0.2) is 4.98 Å². The van der Waals surface area contributed by atoms with Crippen molar-refractivity contribution in [3.8, 4) is 0 Å². The van der Waals surface area contributed by atoms with Gasteiger partial charge in [-0.2, -0.15) is 0 Å². The Morgan fingerprint density at radius 1 is 1.27 bits per heavy atom. The first kappa shape index (κ1) is 16.8. The summed E-state index contributed by atoms with van der Waals surface area (Å²) in [6.45, 7) is 2.38. The van der Waals surface area contributed by atoms with Crippen molar-refractivity contribution in [2.45, 2.75) is 25.8 Å². The second-order valence-electron chi connectivity index (χ2n) is 6.83. The van der Waals surface area contributed by atoms with Gasteiger partial charge in [0.15, 0.2) is 5.13 Å². The SMILES string of the molecule is Cc1cccc2cc(C3CC(=O)NCc4nc(N(C)C)sc43)c(=O)[nH]c12. The van der Waals surface area contributed by atoms with Crippen molar-refractivity contribution in [2.24, 2.45) is 0 Å². The summed E-state index contributed by atoms with van der Waals surface area (Å²) >= 11 is 1.55. The number of aromatic amines is 1. The van der Waals surface area contributed by atoms with Gasteiger partial charge in [0.2, 0.25) is 5.91 Å². The summed E-state index contributed by atoms with van der Waals surface area (Å²) in [7, 11) is 3.88. The second kappa shape index (κ2) is 6.25. The highest BCUT2D eigenvalue weighted by Gasteiger charge is 2.30. The Morgan fingerprint density at radius 2 is 2.08 bits per heavy atom. The van der Waals surface area contributed by atoms with Gasteiger partial charge in [0.1, 0.15) is 0 Å². The molecule has 1 atom stereocenters. The summed E-state index contributed by atoms with van der Waals surface area (Å²) in [4.78, 5) is 35.7. The molecule has 0 saturated carbocycles. The van der Waals surface area contributed by atoms with E-state index in [1.165, 1.54) is 0 Å². The molecule has 0 fully saturated rings. The molecule has 1 aromatic carbocycles. The summed E-state index contributed by atoms with van der Waals surface area (Å²) in [6, 6.07) is 7.85. The van der Waals surface area contributed by atoms with E-state index < -0.39 is 0 Å². The number of para-hydroxylation sites is 1. The number of benzene rings is 1. The molecule has 0 bridgehead atoms. The molecule has 6 nitrogen and oxygen atoms in total. The van der Waals surface area contributed by atoms with Crippen molar-refractivity contribution in [3.05, 3.63) is 56.3 Å². The average molecular weight is 368 g/mol. The zero-order chi connectivity index (χ0) is 18.4. The van der Waals surface area contributed by atoms with E-state index in [4.69, 9.17) is 0 Å². The predicted octanol–water partition coefficient (Wildman–Crippen LogP) is 2.51. The van der Waals surface area contributed by atoms with Gasteiger partial charge in [-0.05, 0) is 23.9 Å². The number of amides is 1. The van der Waals surface area contributed by atoms with Crippen LogP contribution in [0, 0.1) is 6.92 Å². The average Bonchev–Trinajstić information content (AvgIpc) is 2.96. The van der Waals surface area contributed by atoms with Gasteiger partial charge >= 0.3 is 0 Å². The Morgan fingerprint density at radius 3 is 2.85 bits per heavy atom. The smallest absolute Gasteiger partial charge is 0.252 e. The molecule has 1 unspecified atom stereocenters. The Balaban J connectivity index is 1.91. The molecule has 1 aliphatic rings. The third-order valence-electron chi connectivity index (χ3n) is 4.75. The molecule has 26 heavy (non-hydrogen) atoms. The van der Waals surface area contributed by atoms with Crippen LogP contribution in [0.15, 0.2) is 29.1 Å². The number of fused-ring (bicyclic) bond motifs is 2. The van der Waals surface area contributed by atoms with Crippen LogP contribution in [0.4, 0.5) is 5.13 Å². The van der Waals surface area contributed by atoms with Crippen molar-refractivity contribution in [1.82, 2.24) is 15.3 Å². The molecule has 1 amide bonds. The number of carbonyl (C=O) groups excluding carboxylic acids is 1. The van der Waals surface area contributed by atoms with E-state index in [0.29, 0.717) is 12.1 Å². The van der Waals surface area contributed by atoms with Crippen LogP contribution in [0.25, 0.3) is 10.9 Å². The number of anilines is 1. The first-order valence-electron chi connectivity index (χ1n) is 8.50. The zero-order valence-electron chi connectivity index (χ0n) is 14.9. The highest BCUT2D eigenvalue weighted by molar-refractivity contribution is 7.15. The number of nitrogens with one attached hydrogen (secondary N) is 2. The van der Waals surface area contributed by atoms with E-state index in [9.17, 15) is 9.59 Å². The van der Waals surface area contributed by atoms with E-state index in [-0.39, 0.29) is 23.8 Å². The van der Waals surface area contributed by atoms with Crippen molar-refractivity contribution < 1.29 is 4.79 Å². The molecule has 0 radical (unpaired) electrons. The predicted molar refractivity (Wildman–Crippen MR) is 104 cm³/mol. The zero-order valence-corrected chi connectivity index (χ0v) is 15.7. The van der Waals surface area contributed by atoms with E-state index in [1.807, 2.05) is 50.2 Å². The van der Waals surface area contributed by atoms with Crippen LogP contribution >= 0.6 is 11.3 Å². The van der Waals surface area contributed by atoms with Crippen molar-refractivity contribution >= 4 is 33.3 Å². The number of H-pyrrole nitrogens is 1. The van der Waals surface area contributed by atoms with E-state index >= 15 is 0 Å². The van der Waals surface area contributed by atoms with Gasteiger partial charge < -0.3 is 15.2 Å². The third kappa shape index (κ3) is 2.78. The number of aryl methyl sites for hydroxylation is 1. The Labute approximate surface area is 154 Å². The standard InChI is InChI=1S/C19H20N4O2S/c1-10-5-4-6-11-7-13(18(25)22-16(10)11)12-8-15(24)20-9-14-17(12)26-19(21-14)23(2)3/h4-7,12H,8-9H2,1-3H3,(H,20,24)(H,22,25). The van der Waals surface area contributed by atoms with Crippen LogP contribution in [0.3, 0.4) is 0 Å². The van der Waals surface area contributed by atoms with Crippen LogP contribution in [-0.2, 0) is 11.3 Å². The molecule has 1 aliphatic heterocycles. The monoisotopic (exact) mass is 368 g/mol. The topological polar surface area (TPSA) is 78.1 Å². The summed E-state index contributed by atoms with van der Waals surface area (Å²) < 4.78 is 0. The highest BCUT2D eigenvalue weighted by atomic mass is 32.1. The Kier molecular flexibility index (Phi) is 4.03. The first-order chi connectivity index (χ1) is 12.4. The third-order valence-corrected chi connectivity index (χ3v) is 6.13. The molecule has 134 valence electrons. The van der Waals surface area contributed by atoms with Gasteiger partial charge in [0.25, 0.3) is 5.56 Å². The quantitative estimate of drug-likeness (QED) is 0.729. The minimum absolute atomic E-state index is 0.0599. The maximum absolute atomic E-state index is 12.8.